The standard InChI is InChI=1S/C27H29NO/c1-26(2,3)18-12-14-21-23(16-18)28(20-10-8-7-9-11-20)24-17-19(27(4,5)6)13-15-22(24)25(21)29/h7-17H,1-6H3. The Balaban J connectivity index is 2.23. The Kier molecular flexibility index (Phi) is 4.42. The molecule has 29 heavy (non-hydrogen) atoms. The first kappa shape index (κ1) is 19.4. The maximum Gasteiger partial charge on any atom is 0.197 e. The Morgan fingerprint density at radius 3 is 1.48 bits per heavy atom. The van der Waals surface area contributed by atoms with Crippen molar-refractivity contribution in [2.75, 3.05) is 0 Å². The van der Waals surface area contributed by atoms with Crippen molar-refractivity contribution in [1.29, 1.82) is 0 Å². The number of aromatic nitrogens is 1. The Hall–Kier alpha value is -2.87. The lowest BCUT2D eigenvalue weighted by Gasteiger charge is -2.23. The quantitative estimate of drug-likeness (QED) is 0.334. The lowest BCUT2D eigenvalue weighted by atomic mass is 9.85. The molecule has 0 N–H and O–H groups in total. The first-order valence-electron chi connectivity index (χ1n) is 10.3. The van der Waals surface area contributed by atoms with Gasteiger partial charge in [0, 0.05) is 16.5 Å². The van der Waals surface area contributed by atoms with Crippen molar-refractivity contribution in [3.63, 3.8) is 0 Å². The van der Waals surface area contributed by atoms with Crippen LogP contribution in [0.3, 0.4) is 0 Å². The van der Waals surface area contributed by atoms with Crippen LogP contribution in [0.5, 0.6) is 0 Å². The van der Waals surface area contributed by atoms with E-state index < -0.39 is 0 Å². The number of hydrogen-bond acceptors (Lipinski definition) is 1. The molecular weight excluding hydrogens is 354 g/mol. The normalized spacial score (nSPS) is 12.6. The summed E-state index contributed by atoms with van der Waals surface area (Å²) in [5.41, 5.74) is 5.56. The highest BCUT2D eigenvalue weighted by Gasteiger charge is 2.20. The molecule has 1 aromatic heterocycles. The topological polar surface area (TPSA) is 22.0 Å². The van der Waals surface area contributed by atoms with Crippen LogP contribution >= 0.6 is 0 Å². The molecule has 2 nitrogen and oxygen atoms in total. The molecule has 0 spiro atoms. The fourth-order valence-electron chi connectivity index (χ4n) is 3.88. The van der Waals surface area contributed by atoms with Crippen molar-refractivity contribution < 1.29 is 0 Å². The zero-order valence-electron chi connectivity index (χ0n) is 18.2. The maximum absolute atomic E-state index is 13.4. The molecule has 2 heteroatoms. The molecule has 4 aromatic rings. The number of benzene rings is 3. The minimum atomic E-state index is 0.00791. The maximum atomic E-state index is 13.4. The Bertz CT molecular complexity index is 1190. The van der Waals surface area contributed by atoms with Gasteiger partial charge in [0.1, 0.15) is 0 Å². The molecule has 4 rings (SSSR count). The lowest BCUT2D eigenvalue weighted by Crippen LogP contribution is -2.16. The first-order chi connectivity index (χ1) is 13.6. The lowest BCUT2D eigenvalue weighted by molar-refractivity contribution is 0.590. The van der Waals surface area contributed by atoms with E-state index in [1.54, 1.807) is 0 Å². The van der Waals surface area contributed by atoms with E-state index in [0.29, 0.717) is 0 Å². The van der Waals surface area contributed by atoms with E-state index in [2.05, 4.69) is 82.5 Å². The second-order valence-electron chi connectivity index (χ2n) is 9.96. The van der Waals surface area contributed by atoms with E-state index in [4.69, 9.17) is 0 Å². The summed E-state index contributed by atoms with van der Waals surface area (Å²) in [7, 11) is 0. The van der Waals surface area contributed by atoms with Crippen LogP contribution in [0.1, 0.15) is 52.7 Å². The first-order valence-corrected chi connectivity index (χ1v) is 10.3. The van der Waals surface area contributed by atoms with Crippen LogP contribution in [-0.4, -0.2) is 4.57 Å². The third kappa shape index (κ3) is 3.37. The molecule has 3 aromatic carbocycles. The number of rotatable bonds is 1. The molecule has 0 radical (unpaired) electrons. The number of para-hydroxylation sites is 1. The van der Waals surface area contributed by atoms with Gasteiger partial charge in [-0.3, -0.25) is 4.79 Å². The monoisotopic (exact) mass is 383 g/mol. The highest BCUT2D eigenvalue weighted by Crippen LogP contribution is 2.31. The second kappa shape index (κ2) is 6.59. The molecule has 0 aliphatic heterocycles. The van der Waals surface area contributed by atoms with E-state index in [9.17, 15) is 4.79 Å². The van der Waals surface area contributed by atoms with E-state index in [1.165, 1.54) is 11.1 Å². The minimum absolute atomic E-state index is 0.00791. The molecule has 0 aliphatic carbocycles. The van der Waals surface area contributed by atoms with Crippen molar-refractivity contribution >= 4 is 21.8 Å². The molecule has 0 aliphatic rings. The minimum Gasteiger partial charge on any atom is -0.309 e. The molecule has 0 bridgehead atoms. The highest BCUT2D eigenvalue weighted by molar-refractivity contribution is 5.96. The molecule has 0 unspecified atom stereocenters. The van der Waals surface area contributed by atoms with Crippen LogP contribution in [0.15, 0.2) is 71.5 Å². The second-order valence-corrected chi connectivity index (χ2v) is 9.96. The smallest absolute Gasteiger partial charge is 0.197 e. The van der Waals surface area contributed by atoms with Crippen LogP contribution in [0.2, 0.25) is 0 Å². The van der Waals surface area contributed by atoms with Crippen LogP contribution in [0.4, 0.5) is 0 Å². The Morgan fingerprint density at radius 2 is 1.07 bits per heavy atom. The summed E-state index contributed by atoms with van der Waals surface area (Å²) in [6.45, 7) is 13.2. The van der Waals surface area contributed by atoms with Crippen molar-refractivity contribution in [1.82, 2.24) is 4.57 Å². The van der Waals surface area contributed by atoms with Gasteiger partial charge in [-0.25, -0.2) is 0 Å². The van der Waals surface area contributed by atoms with Crippen LogP contribution in [0, 0.1) is 0 Å². The van der Waals surface area contributed by atoms with E-state index in [0.717, 1.165) is 27.5 Å². The average molecular weight is 384 g/mol. The summed E-state index contributed by atoms with van der Waals surface area (Å²) < 4.78 is 2.25. The molecular formula is C27H29NO. The van der Waals surface area contributed by atoms with E-state index in [1.807, 2.05) is 30.3 Å². The van der Waals surface area contributed by atoms with Gasteiger partial charge in [-0.15, -0.1) is 0 Å². The van der Waals surface area contributed by atoms with Gasteiger partial charge in [-0.05, 0) is 58.4 Å². The van der Waals surface area contributed by atoms with Crippen molar-refractivity contribution in [2.45, 2.75) is 52.4 Å². The van der Waals surface area contributed by atoms with Gasteiger partial charge in [0.15, 0.2) is 5.43 Å². The van der Waals surface area contributed by atoms with Gasteiger partial charge in [-0.1, -0.05) is 71.9 Å². The number of nitrogens with zero attached hydrogens (tertiary/aromatic N) is 1. The summed E-state index contributed by atoms with van der Waals surface area (Å²) in [6, 6.07) is 22.9. The van der Waals surface area contributed by atoms with Gasteiger partial charge in [0.25, 0.3) is 0 Å². The molecule has 1 heterocycles. The SMILES string of the molecule is CC(C)(C)c1ccc2c(=O)c3ccc(C(C)(C)C)cc3n(-c3ccccc3)c2c1. The van der Waals surface area contributed by atoms with Gasteiger partial charge < -0.3 is 4.57 Å². The highest BCUT2D eigenvalue weighted by atomic mass is 16.1. The van der Waals surface area contributed by atoms with Gasteiger partial charge in [0.05, 0.1) is 11.0 Å². The fraction of sp³-hybridized carbons (Fsp3) is 0.296. The van der Waals surface area contributed by atoms with Gasteiger partial charge in [-0.2, -0.15) is 0 Å². The number of hydrogen-bond donors (Lipinski definition) is 0. The molecule has 0 atom stereocenters. The van der Waals surface area contributed by atoms with Crippen molar-refractivity contribution in [3.05, 3.63) is 88.1 Å². The molecule has 0 amide bonds. The fourth-order valence-corrected chi connectivity index (χ4v) is 3.88. The van der Waals surface area contributed by atoms with Gasteiger partial charge >= 0.3 is 0 Å². The molecule has 0 saturated heterocycles. The summed E-state index contributed by atoms with van der Waals surface area (Å²) in [6.07, 6.45) is 0. The molecule has 148 valence electrons. The number of fused-ring (bicyclic) bond motifs is 2. The van der Waals surface area contributed by atoms with E-state index in [-0.39, 0.29) is 16.3 Å². The average Bonchev–Trinajstić information content (AvgIpc) is 2.67. The predicted octanol–water partition coefficient (Wildman–Crippen LogP) is 6.74. The summed E-state index contributed by atoms with van der Waals surface area (Å²) >= 11 is 0. The summed E-state index contributed by atoms with van der Waals surface area (Å²) in [5.74, 6) is 0. The molecule has 0 saturated carbocycles. The summed E-state index contributed by atoms with van der Waals surface area (Å²) in [5, 5.41) is 1.52. The largest absolute Gasteiger partial charge is 0.309 e. The molecule has 0 fully saturated rings. The van der Waals surface area contributed by atoms with Crippen LogP contribution < -0.4 is 5.43 Å². The zero-order valence-corrected chi connectivity index (χ0v) is 18.2. The third-order valence-corrected chi connectivity index (χ3v) is 5.71. The van der Waals surface area contributed by atoms with Gasteiger partial charge in [0.2, 0.25) is 0 Å². The third-order valence-electron chi connectivity index (χ3n) is 5.71. The van der Waals surface area contributed by atoms with Crippen molar-refractivity contribution in [3.8, 4) is 5.69 Å². The predicted molar refractivity (Wildman–Crippen MR) is 124 cm³/mol. The number of pyridine rings is 1. The van der Waals surface area contributed by atoms with Crippen LogP contribution in [-0.2, 0) is 10.8 Å². The Labute approximate surface area is 172 Å². The Morgan fingerprint density at radius 1 is 0.621 bits per heavy atom. The summed E-state index contributed by atoms with van der Waals surface area (Å²) in [4.78, 5) is 13.4. The van der Waals surface area contributed by atoms with Crippen LogP contribution in [0.25, 0.3) is 27.5 Å². The zero-order chi connectivity index (χ0) is 21.0. The van der Waals surface area contributed by atoms with Crippen molar-refractivity contribution in [2.24, 2.45) is 0 Å². The van der Waals surface area contributed by atoms with E-state index >= 15 is 0 Å².